The minimum Gasteiger partial charge on any atom is -0.272 e. The van der Waals surface area contributed by atoms with Crippen LogP contribution in [0.4, 0.5) is 5.69 Å². The Bertz CT molecular complexity index is 536. The molecular weight excluding hydrogens is 178 g/mol. The van der Waals surface area contributed by atoms with Gasteiger partial charge >= 0.3 is 0 Å². The van der Waals surface area contributed by atoms with Crippen molar-refractivity contribution >= 4 is 22.7 Å². The molecule has 70 valence electrons. The Balaban J connectivity index is 2.73. The zero-order valence-corrected chi connectivity index (χ0v) is 7.98. The number of hydrogen-bond acceptors (Lipinski definition) is 3. The predicted molar refractivity (Wildman–Crippen MR) is 53.2 cm³/mol. The van der Waals surface area contributed by atoms with E-state index in [1.165, 1.54) is 6.08 Å². The summed E-state index contributed by atoms with van der Waals surface area (Å²) in [5, 5.41) is 5.36. The highest BCUT2D eigenvalue weighted by Gasteiger charge is 2.04. The summed E-state index contributed by atoms with van der Waals surface area (Å²) in [6.07, 6.45) is 1.51. The highest BCUT2D eigenvalue weighted by molar-refractivity contribution is 5.84. The number of carbonyl (C=O) groups excluding carboxylic acids is 1. The Morgan fingerprint density at radius 2 is 2.29 bits per heavy atom. The maximum atomic E-state index is 10.1. The normalized spacial score (nSPS) is 10.1. The summed E-state index contributed by atoms with van der Waals surface area (Å²) in [6.45, 7) is 2.00. The lowest BCUT2D eigenvalue weighted by atomic mass is 10.2. The number of rotatable bonds is 1. The molecule has 0 aliphatic rings. The second kappa shape index (κ2) is 3.09. The number of aromatic nitrogens is 2. The van der Waals surface area contributed by atoms with E-state index in [1.54, 1.807) is 16.8 Å². The molecule has 0 N–H and O–H groups in total. The van der Waals surface area contributed by atoms with Gasteiger partial charge in [0.05, 0.1) is 11.2 Å². The third-order valence-electron chi connectivity index (χ3n) is 2.29. The van der Waals surface area contributed by atoms with Crippen molar-refractivity contribution in [2.75, 3.05) is 0 Å². The molecular formula is C10H9N3O. The largest absolute Gasteiger partial charge is 0.272 e. The first-order chi connectivity index (χ1) is 6.72. The number of aryl methyl sites for hydroxylation is 2. The molecule has 2 rings (SSSR count). The van der Waals surface area contributed by atoms with Gasteiger partial charge in [0, 0.05) is 18.1 Å². The second-order valence-electron chi connectivity index (χ2n) is 3.11. The van der Waals surface area contributed by atoms with Crippen molar-refractivity contribution < 1.29 is 4.79 Å². The minimum absolute atomic E-state index is 0.589. The van der Waals surface area contributed by atoms with Crippen LogP contribution in [0.15, 0.2) is 23.2 Å². The highest BCUT2D eigenvalue weighted by Crippen LogP contribution is 2.22. The van der Waals surface area contributed by atoms with Crippen molar-refractivity contribution in [1.82, 2.24) is 9.78 Å². The van der Waals surface area contributed by atoms with E-state index in [4.69, 9.17) is 0 Å². The number of aliphatic imine (C=N–C) groups is 1. The van der Waals surface area contributed by atoms with E-state index in [0.717, 1.165) is 16.6 Å². The van der Waals surface area contributed by atoms with Gasteiger partial charge in [0.2, 0.25) is 6.08 Å². The molecule has 0 fully saturated rings. The maximum absolute atomic E-state index is 10.1. The van der Waals surface area contributed by atoms with Gasteiger partial charge in [-0.1, -0.05) is 0 Å². The molecule has 14 heavy (non-hydrogen) atoms. The zero-order chi connectivity index (χ0) is 10.1. The summed E-state index contributed by atoms with van der Waals surface area (Å²) in [7, 11) is 1.89. The van der Waals surface area contributed by atoms with Crippen LogP contribution in [0.3, 0.4) is 0 Å². The van der Waals surface area contributed by atoms with Gasteiger partial charge < -0.3 is 0 Å². The average molecular weight is 187 g/mol. The van der Waals surface area contributed by atoms with Crippen LogP contribution in [-0.4, -0.2) is 15.9 Å². The van der Waals surface area contributed by atoms with Crippen LogP contribution in [0.2, 0.25) is 0 Å². The second-order valence-corrected chi connectivity index (χ2v) is 3.11. The first-order valence-corrected chi connectivity index (χ1v) is 4.23. The summed E-state index contributed by atoms with van der Waals surface area (Å²) in [5.74, 6) is 0. The molecule has 1 aromatic carbocycles. The minimum atomic E-state index is 0.589. The molecule has 0 amide bonds. The van der Waals surface area contributed by atoms with Crippen LogP contribution < -0.4 is 0 Å². The third kappa shape index (κ3) is 1.22. The summed E-state index contributed by atoms with van der Waals surface area (Å²) < 4.78 is 1.80. The van der Waals surface area contributed by atoms with Crippen molar-refractivity contribution in [3.8, 4) is 0 Å². The third-order valence-corrected chi connectivity index (χ3v) is 2.29. The topological polar surface area (TPSA) is 47.2 Å². The molecule has 1 heterocycles. The van der Waals surface area contributed by atoms with Crippen molar-refractivity contribution in [3.05, 3.63) is 23.9 Å². The lowest BCUT2D eigenvalue weighted by molar-refractivity contribution is 0.565. The maximum Gasteiger partial charge on any atom is 0.240 e. The van der Waals surface area contributed by atoms with Gasteiger partial charge in [0.15, 0.2) is 0 Å². The highest BCUT2D eigenvalue weighted by atomic mass is 16.1. The lowest BCUT2D eigenvalue weighted by Gasteiger charge is -1.91. The zero-order valence-electron chi connectivity index (χ0n) is 7.98. The molecule has 4 heteroatoms. The van der Waals surface area contributed by atoms with E-state index in [0.29, 0.717) is 5.69 Å². The first kappa shape index (κ1) is 8.66. The Morgan fingerprint density at radius 3 is 3.00 bits per heavy atom. The van der Waals surface area contributed by atoms with Crippen LogP contribution in [0.5, 0.6) is 0 Å². The summed E-state index contributed by atoms with van der Waals surface area (Å²) in [4.78, 5) is 13.6. The molecule has 0 bridgehead atoms. The Hall–Kier alpha value is -1.93. The number of benzene rings is 1. The SMILES string of the molecule is Cc1c2ccc(N=C=O)cc2nn1C. The molecule has 0 aliphatic heterocycles. The fraction of sp³-hybridized carbons (Fsp3) is 0.200. The number of isocyanates is 1. The Morgan fingerprint density at radius 1 is 1.50 bits per heavy atom. The molecule has 2 aromatic rings. The molecule has 0 atom stereocenters. The van der Waals surface area contributed by atoms with E-state index in [9.17, 15) is 4.79 Å². The Labute approximate surface area is 80.9 Å². The molecule has 0 saturated carbocycles. The Kier molecular flexibility index (Phi) is 1.91. The average Bonchev–Trinajstić information content (AvgIpc) is 2.43. The molecule has 0 unspecified atom stereocenters. The van der Waals surface area contributed by atoms with Crippen LogP contribution in [0.25, 0.3) is 10.9 Å². The van der Waals surface area contributed by atoms with Gasteiger partial charge in [0.25, 0.3) is 0 Å². The van der Waals surface area contributed by atoms with E-state index < -0.39 is 0 Å². The van der Waals surface area contributed by atoms with Gasteiger partial charge in [-0.2, -0.15) is 10.1 Å². The van der Waals surface area contributed by atoms with Crippen molar-refractivity contribution in [2.45, 2.75) is 6.92 Å². The van der Waals surface area contributed by atoms with Crippen molar-refractivity contribution in [3.63, 3.8) is 0 Å². The molecule has 4 nitrogen and oxygen atoms in total. The smallest absolute Gasteiger partial charge is 0.240 e. The van der Waals surface area contributed by atoms with Crippen LogP contribution in [0, 0.1) is 6.92 Å². The van der Waals surface area contributed by atoms with E-state index >= 15 is 0 Å². The van der Waals surface area contributed by atoms with Crippen LogP contribution >= 0.6 is 0 Å². The number of fused-ring (bicyclic) bond motifs is 1. The molecule has 1 aromatic heterocycles. The van der Waals surface area contributed by atoms with Crippen LogP contribution in [0.1, 0.15) is 5.69 Å². The van der Waals surface area contributed by atoms with Crippen molar-refractivity contribution in [1.29, 1.82) is 0 Å². The molecule has 0 radical (unpaired) electrons. The first-order valence-electron chi connectivity index (χ1n) is 4.23. The van der Waals surface area contributed by atoms with Gasteiger partial charge in [-0.3, -0.25) is 4.68 Å². The van der Waals surface area contributed by atoms with Gasteiger partial charge in [-0.25, -0.2) is 4.79 Å². The van der Waals surface area contributed by atoms with E-state index in [1.807, 2.05) is 20.0 Å². The molecule has 0 aliphatic carbocycles. The summed E-state index contributed by atoms with van der Waals surface area (Å²) in [6, 6.07) is 5.46. The standard InChI is InChI=1S/C10H9N3O/c1-7-9-4-3-8(11-6-14)5-10(9)12-13(7)2/h3-5H,1-2H3. The quantitative estimate of drug-likeness (QED) is 0.505. The fourth-order valence-corrected chi connectivity index (χ4v) is 1.44. The molecule has 0 saturated heterocycles. The van der Waals surface area contributed by atoms with Gasteiger partial charge in [-0.15, -0.1) is 0 Å². The van der Waals surface area contributed by atoms with Gasteiger partial charge in [-0.05, 0) is 25.1 Å². The predicted octanol–water partition coefficient (Wildman–Crippen LogP) is 1.85. The summed E-state index contributed by atoms with van der Waals surface area (Å²) in [5.41, 5.74) is 2.54. The lowest BCUT2D eigenvalue weighted by Crippen LogP contribution is -1.91. The molecule has 0 spiro atoms. The number of hydrogen-bond donors (Lipinski definition) is 0. The monoisotopic (exact) mass is 187 g/mol. The van der Waals surface area contributed by atoms with E-state index in [-0.39, 0.29) is 0 Å². The number of nitrogens with zero attached hydrogens (tertiary/aromatic N) is 3. The van der Waals surface area contributed by atoms with Crippen LogP contribution in [-0.2, 0) is 11.8 Å². The van der Waals surface area contributed by atoms with Gasteiger partial charge in [0.1, 0.15) is 0 Å². The van der Waals surface area contributed by atoms with E-state index in [2.05, 4.69) is 10.1 Å². The van der Waals surface area contributed by atoms with Crippen molar-refractivity contribution in [2.24, 2.45) is 12.0 Å². The fourth-order valence-electron chi connectivity index (χ4n) is 1.44. The summed E-state index contributed by atoms with van der Waals surface area (Å²) >= 11 is 0.